The molecule has 1 N–H and O–H groups in total. The van der Waals surface area contributed by atoms with Crippen molar-refractivity contribution in [3.05, 3.63) is 95.2 Å². The number of ether oxygens (including phenoxy) is 2. The number of carbonyl (C=O) groups excluding carboxylic acids is 1. The predicted molar refractivity (Wildman–Crippen MR) is 154 cm³/mol. The molecule has 38 heavy (non-hydrogen) atoms. The van der Waals surface area contributed by atoms with Gasteiger partial charge in [-0.1, -0.05) is 61.5 Å². The molecule has 1 heterocycles. The van der Waals surface area contributed by atoms with Gasteiger partial charge in [-0.2, -0.15) is 0 Å². The second-order valence-corrected chi connectivity index (χ2v) is 9.91. The molecule has 0 aliphatic heterocycles. The number of nitrogens with one attached hydrogen (secondary N) is 1. The summed E-state index contributed by atoms with van der Waals surface area (Å²) in [6.45, 7) is 4.19. The summed E-state index contributed by atoms with van der Waals surface area (Å²) in [7, 11) is 7.38. The quantitative estimate of drug-likeness (QED) is 0.258. The number of nitrogens with zero attached hydrogens (tertiary/aromatic N) is 2. The van der Waals surface area contributed by atoms with E-state index in [2.05, 4.69) is 53.3 Å². The van der Waals surface area contributed by atoms with E-state index in [1.165, 1.54) is 5.56 Å². The highest BCUT2D eigenvalue weighted by Crippen LogP contribution is 2.40. The molecule has 0 radical (unpaired) electrons. The fourth-order valence-electron chi connectivity index (χ4n) is 5.04. The summed E-state index contributed by atoms with van der Waals surface area (Å²) in [6, 6.07) is 22.4. The summed E-state index contributed by atoms with van der Waals surface area (Å²) in [6.07, 6.45) is 3.32. The molecule has 0 fully saturated rings. The highest BCUT2D eigenvalue weighted by atomic mass is 16.5. The molecular weight excluding hydrogens is 474 g/mol. The van der Waals surface area contributed by atoms with Crippen LogP contribution in [0.15, 0.2) is 72.9 Å². The van der Waals surface area contributed by atoms with Gasteiger partial charge in [0.1, 0.15) is 11.5 Å². The molecule has 0 spiro atoms. The largest absolute Gasteiger partial charge is 0.497 e. The number of likely N-dealkylation sites (N-methyl/N-ethyl adjacent to an activating group) is 1. The Morgan fingerprint density at radius 1 is 0.921 bits per heavy atom. The average Bonchev–Trinajstić information content (AvgIpc) is 3.38. The van der Waals surface area contributed by atoms with Crippen molar-refractivity contribution in [2.24, 2.45) is 0 Å². The molecule has 4 aromatic rings. The lowest BCUT2D eigenvalue weighted by atomic mass is 9.86. The monoisotopic (exact) mass is 513 g/mol. The number of hydrogen-bond donors (Lipinski definition) is 1. The zero-order valence-corrected chi connectivity index (χ0v) is 23.2. The second kappa shape index (κ2) is 12.7. The van der Waals surface area contributed by atoms with Crippen LogP contribution in [0.2, 0.25) is 0 Å². The second-order valence-electron chi connectivity index (χ2n) is 9.91. The van der Waals surface area contributed by atoms with E-state index in [4.69, 9.17) is 9.47 Å². The third-order valence-electron chi connectivity index (χ3n) is 7.17. The van der Waals surface area contributed by atoms with Crippen LogP contribution in [0.4, 0.5) is 0 Å². The molecule has 1 amide bonds. The number of para-hydroxylation sites is 1. The lowest BCUT2D eigenvalue weighted by molar-refractivity contribution is -0.132. The van der Waals surface area contributed by atoms with Gasteiger partial charge in [-0.3, -0.25) is 4.79 Å². The molecule has 1 unspecified atom stereocenters. The van der Waals surface area contributed by atoms with Gasteiger partial charge in [0.15, 0.2) is 0 Å². The van der Waals surface area contributed by atoms with Gasteiger partial charge in [0.05, 0.1) is 14.2 Å². The number of benzene rings is 3. The Labute approximate surface area is 226 Å². The first-order chi connectivity index (χ1) is 18.4. The van der Waals surface area contributed by atoms with Crippen molar-refractivity contribution in [3.63, 3.8) is 0 Å². The summed E-state index contributed by atoms with van der Waals surface area (Å²) in [5.41, 5.74) is 5.58. The maximum Gasteiger partial charge on any atom is 0.223 e. The maximum atomic E-state index is 14.1. The molecule has 6 heteroatoms. The van der Waals surface area contributed by atoms with Gasteiger partial charge in [-0.15, -0.1) is 0 Å². The zero-order chi connectivity index (χ0) is 27.1. The van der Waals surface area contributed by atoms with Gasteiger partial charge in [-0.25, -0.2) is 0 Å². The summed E-state index contributed by atoms with van der Waals surface area (Å²) in [5.74, 6) is 1.35. The number of amides is 1. The first kappa shape index (κ1) is 27.3. The van der Waals surface area contributed by atoms with E-state index in [1.54, 1.807) is 14.2 Å². The molecule has 200 valence electrons. The van der Waals surface area contributed by atoms with Crippen molar-refractivity contribution < 1.29 is 14.3 Å². The Hall–Kier alpha value is -3.77. The van der Waals surface area contributed by atoms with Gasteiger partial charge < -0.3 is 24.3 Å². The lowest BCUT2D eigenvalue weighted by Gasteiger charge is -2.27. The van der Waals surface area contributed by atoms with Crippen LogP contribution < -0.4 is 9.47 Å². The fourth-order valence-corrected chi connectivity index (χ4v) is 5.04. The standard InChI is InChI=1S/C32H39N3O3/c1-6-24-13-10-14-27-29(21-33-32(24)27)28(26-16-15-25(37-4)19-30(26)38-5)20-31(36)35(18-17-34(2)3)22-23-11-8-7-9-12-23/h7-16,19,21,28,33H,6,17-18,20,22H2,1-5H3. The number of H-pyrrole nitrogens is 1. The smallest absolute Gasteiger partial charge is 0.223 e. The number of rotatable bonds is 12. The minimum Gasteiger partial charge on any atom is -0.497 e. The molecule has 0 saturated heterocycles. The van der Waals surface area contributed by atoms with Crippen LogP contribution in [0.5, 0.6) is 11.5 Å². The van der Waals surface area contributed by atoms with Gasteiger partial charge in [0.25, 0.3) is 0 Å². The Bertz CT molecular complexity index is 1350. The fraction of sp³-hybridized carbons (Fsp3) is 0.344. The van der Waals surface area contributed by atoms with Crippen molar-refractivity contribution in [1.29, 1.82) is 0 Å². The Morgan fingerprint density at radius 3 is 2.39 bits per heavy atom. The van der Waals surface area contributed by atoms with Crippen molar-refractivity contribution in [3.8, 4) is 11.5 Å². The topological polar surface area (TPSA) is 57.8 Å². The summed E-state index contributed by atoms with van der Waals surface area (Å²) < 4.78 is 11.3. The normalized spacial score (nSPS) is 12.1. The lowest BCUT2D eigenvalue weighted by Crippen LogP contribution is -2.37. The molecule has 0 aliphatic rings. The molecule has 0 aliphatic carbocycles. The Kier molecular flexibility index (Phi) is 9.08. The third kappa shape index (κ3) is 6.20. The van der Waals surface area contributed by atoms with E-state index >= 15 is 0 Å². The maximum absolute atomic E-state index is 14.1. The summed E-state index contributed by atoms with van der Waals surface area (Å²) >= 11 is 0. The van der Waals surface area contributed by atoms with Crippen molar-refractivity contribution in [2.45, 2.75) is 32.2 Å². The number of carbonyl (C=O) groups is 1. The Morgan fingerprint density at radius 2 is 1.71 bits per heavy atom. The first-order valence-electron chi connectivity index (χ1n) is 13.2. The number of hydrogen-bond acceptors (Lipinski definition) is 4. The molecule has 1 atom stereocenters. The van der Waals surface area contributed by atoms with Crippen LogP contribution in [0.1, 0.15) is 41.5 Å². The van der Waals surface area contributed by atoms with E-state index in [1.807, 2.05) is 55.4 Å². The van der Waals surface area contributed by atoms with Gasteiger partial charge in [0, 0.05) is 60.7 Å². The zero-order valence-electron chi connectivity index (χ0n) is 23.2. The van der Waals surface area contributed by atoms with Crippen LogP contribution in [0.25, 0.3) is 10.9 Å². The number of aryl methyl sites for hydroxylation is 1. The third-order valence-corrected chi connectivity index (χ3v) is 7.17. The van der Waals surface area contributed by atoms with Crippen molar-refractivity contribution in [1.82, 2.24) is 14.8 Å². The molecule has 0 saturated carbocycles. The highest BCUT2D eigenvalue weighted by Gasteiger charge is 2.27. The minimum absolute atomic E-state index is 0.111. The van der Waals surface area contributed by atoms with Gasteiger partial charge in [-0.05, 0) is 43.3 Å². The van der Waals surface area contributed by atoms with Gasteiger partial charge >= 0.3 is 0 Å². The van der Waals surface area contributed by atoms with Crippen LogP contribution in [0.3, 0.4) is 0 Å². The molecular formula is C32H39N3O3. The average molecular weight is 514 g/mol. The van der Waals surface area contributed by atoms with Crippen LogP contribution in [-0.4, -0.2) is 62.1 Å². The van der Waals surface area contributed by atoms with E-state index in [9.17, 15) is 4.79 Å². The minimum atomic E-state index is -0.193. The van der Waals surface area contributed by atoms with E-state index in [0.29, 0.717) is 25.3 Å². The van der Waals surface area contributed by atoms with E-state index in [0.717, 1.165) is 46.3 Å². The first-order valence-corrected chi connectivity index (χ1v) is 13.2. The number of methoxy groups -OCH3 is 2. The van der Waals surface area contributed by atoms with E-state index in [-0.39, 0.29) is 11.8 Å². The Balaban J connectivity index is 1.76. The SMILES string of the molecule is CCc1cccc2c(C(CC(=O)N(CCN(C)C)Cc3ccccc3)c3ccc(OC)cc3OC)c[nH]c12. The molecule has 1 aromatic heterocycles. The van der Waals surface area contributed by atoms with Crippen LogP contribution in [-0.2, 0) is 17.8 Å². The van der Waals surface area contributed by atoms with Crippen LogP contribution >= 0.6 is 0 Å². The molecule has 0 bridgehead atoms. The number of aromatic nitrogens is 1. The molecule has 6 nitrogen and oxygen atoms in total. The van der Waals surface area contributed by atoms with E-state index < -0.39 is 0 Å². The number of aromatic amines is 1. The predicted octanol–water partition coefficient (Wildman–Crippen LogP) is 5.86. The van der Waals surface area contributed by atoms with Crippen LogP contribution in [0, 0.1) is 0 Å². The summed E-state index contributed by atoms with van der Waals surface area (Å²) in [4.78, 5) is 21.6. The molecule has 4 rings (SSSR count). The number of fused-ring (bicyclic) bond motifs is 1. The summed E-state index contributed by atoms with van der Waals surface area (Å²) in [5, 5.41) is 1.14. The molecule has 3 aromatic carbocycles. The van der Waals surface area contributed by atoms with Gasteiger partial charge in [0.2, 0.25) is 5.91 Å². The van der Waals surface area contributed by atoms with Crippen molar-refractivity contribution >= 4 is 16.8 Å². The van der Waals surface area contributed by atoms with Crippen molar-refractivity contribution in [2.75, 3.05) is 41.4 Å². The highest BCUT2D eigenvalue weighted by molar-refractivity contribution is 5.88.